The second-order valence-electron chi connectivity index (χ2n) is 7.33. The average molecular weight is 437 g/mol. The number of thiazole rings is 1. The van der Waals surface area contributed by atoms with E-state index in [0.29, 0.717) is 11.7 Å². The van der Waals surface area contributed by atoms with Crippen LogP contribution < -0.4 is 0 Å². The molecule has 1 aromatic rings. The van der Waals surface area contributed by atoms with Gasteiger partial charge in [-0.3, -0.25) is 9.69 Å². The number of aryl methyl sites for hydroxylation is 1. The Morgan fingerprint density at radius 3 is 2.38 bits per heavy atom. The molecule has 1 aromatic heterocycles. The number of aromatic nitrogens is 1. The molecule has 0 aromatic carbocycles. The van der Waals surface area contributed by atoms with E-state index >= 15 is 0 Å². The summed E-state index contributed by atoms with van der Waals surface area (Å²) >= 11 is 1.54. The van der Waals surface area contributed by atoms with E-state index in [1.165, 1.54) is 12.8 Å². The zero-order valence-corrected chi connectivity index (χ0v) is 17.5. The van der Waals surface area contributed by atoms with Crippen LogP contribution in [0.1, 0.15) is 41.2 Å². The first-order chi connectivity index (χ1) is 13.5. The monoisotopic (exact) mass is 437 g/mol. The molecule has 11 heteroatoms. The van der Waals surface area contributed by atoms with E-state index in [9.17, 15) is 18.0 Å². The lowest BCUT2D eigenvalue weighted by Gasteiger charge is -2.44. The molecule has 3 rings (SSSR count). The van der Waals surface area contributed by atoms with Crippen molar-refractivity contribution < 1.29 is 32.6 Å². The molecule has 0 aliphatic carbocycles. The van der Waals surface area contributed by atoms with Crippen LogP contribution in [-0.2, 0) is 9.53 Å². The third-order valence-electron chi connectivity index (χ3n) is 5.66. The van der Waals surface area contributed by atoms with E-state index in [4.69, 9.17) is 14.6 Å². The number of carboxylic acid groups (broad SMARTS) is 1. The van der Waals surface area contributed by atoms with Gasteiger partial charge in [-0.1, -0.05) is 0 Å². The first-order valence-electron chi connectivity index (χ1n) is 9.23. The fraction of sp³-hybridized carbons (Fsp3) is 0.722. The first kappa shape index (κ1) is 23.6. The zero-order chi connectivity index (χ0) is 21.8. The molecule has 0 saturated carbocycles. The lowest BCUT2D eigenvalue weighted by Crippen LogP contribution is -2.54. The average Bonchev–Trinajstić information content (AvgIpc) is 3.21. The van der Waals surface area contributed by atoms with Gasteiger partial charge in [0.1, 0.15) is 5.69 Å². The fourth-order valence-corrected chi connectivity index (χ4v) is 4.52. The van der Waals surface area contributed by atoms with E-state index < -0.39 is 12.1 Å². The number of carboxylic acids is 1. The maximum Gasteiger partial charge on any atom is 0.490 e. The summed E-state index contributed by atoms with van der Waals surface area (Å²) in [6.45, 7) is 4.41. The van der Waals surface area contributed by atoms with Crippen LogP contribution in [0.15, 0.2) is 5.38 Å². The van der Waals surface area contributed by atoms with E-state index in [1.807, 2.05) is 17.2 Å². The molecule has 29 heavy (non-hydrogen) atoms. The summed E-state index contributed by atoms with van der Waals surface area (Å²) in [5.74, 6) is -2.67. The molecule has 3 heterocycles. The summed E-state index contributed by atoms with van der Waals surface area (Å²) in [4.78, 5) is 30.2. The van der Waals surface area contributed by atoms with Gasteiger partial charge in [0, 0.05) is 37.2 Å². The van der Waals surface area contributed by atoms with E-state index in [2.05, 4.69) is 16.9 Å². The molecule has 0 radical (unpaired) electrons. The Bertz CT molecular complexity index is 717. The highest BCUT2D eigenvalue weighted by Gasteiger charge is 2.46. The van der Waals surface area contributed by atoms with Crippen molar-refractivity contribution in [3.63, 3.8) is 0 Å². The van der Waals surface area contributed by atoms with Gasteiger partial charge in [-0.2, -0.15) is 13.2 Å². The maximum absolute atomic E-state index is 12.5. The molecule has 2 aliphatic rings. The number of halogens is 3. The molecule has 164 valence electrons. The smallest absolute Gasteiger partial charge is 0.475 e. The van der Waals surface area contributed by atoms with Gasteiger partial charge >= 0.3 is 12.1 Å². The highest BCUT2D eigenvalue weighted by molar-refractivity contribution is 7.09. The number of carbonyl (C=O) groups is 2. The van der Waals surface area contributed by atoms with Gasteiger partial charge in [0.05, 0.1) is 11.6 Å². The highest BCUT2D eigenvalue weighted by atomic mass is 32.1. The van der Waals surface area contributed by atoms with E-state index in [-0.39, 0.29) is 11.4 Å². The summed E-state index contributed by atoms with van der Waals surface area (Å²) in [5.41, 5.74) is 0.869. The number of methoxy groups -OCH3 is 1. The number of ether oxygens (including phenoxy) is 1. The summed E-state index contributed by atoms with van der Waals surface area (Å²) in [7, 11) is 3.99. The predicted molar refractivity (Wildman–Crippen MR) is 101 cm³/mol. The molecule has 1 N–H and O–H groups in total. The number of amides is 1. The molecular formula is C18H26F3N3O4S. The Morgan fingerprint density at radius 1 is 1.34 bits per heavy atom. The number of carbonyl (C=O) groups excluding carboxylic acids is 1. The lowest BCUT2D eigenvalue weighted by molar-refractivity contribution is -0.192. The second-order valence-corrected chi connectivity index (χ2v) is 8.39. The van der Waals surface area contributed by atoms with Crippen LogP contribution in [0.4, 0.5) is 13.2 Å². The quantitative estimate of drug-likeness (QED) is 0.783. The van der Waals surface area contributed by atoms with Gasteiger partial charge in [-0.05, 0) is 39.7 Å². The summed E-state index contributed by atoms with van der Waals surface area (Å²) < 4.78 is 37.1. The first-order valence-corrected chi connectivity index (χ1v) is 10.1. The Kier molecular flexibility index (Phi) is 7.63. The van der Waals surface area contributed by atoms with Crippen molar-refractivity contribution >= 4 is 23.2 Å². The van der Waals surface area contributed by atoms with Crippen LogP contribution in [0.25, 0.3) is 0 Å². The van der Waals surface area contributed by atoms with Gasteiger partial charge in [0.2, 0.25) is 0 Å². The molecule has 2 aliphatic heterocycles. The number of nitrogens with zero attached hydrogens (tertiary/aromatic N) is 3. The number of aliphatic carboxylic acids is 1. The third kappa shape index (κ3) is 5.67. The maximum atomic E-state index is 12.5. The van der Waals surface area contributed by atoms with Crippen molar-refractivity contribution in [3.8, 4) is 0 Å². The molecule has 1 spiro atoms. The van der Waals surface area contributed by atoms with Crippen molar-refractivity contribution in [1.82, 2.24) is 14.8 Å². The number of hydrogen-bond acceptors (Lipinski definition) is 6. The molecule has 2 fully saturated rings. The Balaban J connectivity index is 0.000000370. The second kappa shape index (κ2) is 9.40. The summed E-state index contributed by atoms with van der Waals surface area (Å²) in [6, 6.07) is 0.522. The molecule has 2 saturated heterocycles. The lowest BCUT2D eigenvalue weighted by atomic mass is 9.85. The number of alkyl halides is 3. The predicted octanol–water partition coefficient (Wildman–Crippen LogP) is 2.80. The van der Waals surface area contributed by atoms with Gasteiger partial charge in [-0.15, -0.1) is 11.3 Å². The fourth-order valence-electron chi connectivity index (χ4n) is 3.93. The molecular weight excluding hydrogens is 411 g/mol. The van der Waals surface area contributed by atoms with Crippen LogP contribution in [0, 0.1) is 6.92 Å². The Morgan fingerprint density at radius 2 is 1.93 bits per heavy atom. The zero-order valence-electron chi connectivity index (χ0n) is 16.7. The van der Waals surface area contributed by atoms with Crippen LogP contribution >= 0.6 is 11.3 Å². The highest BCUT2D eigenvalue weighted by Crippen LogP contribution is 2.40. The van der Waals surface area contributed by atoms with Gasteiger partial charge in [0.15, 0.2) is 0 Å². The number of likely N-dealkylation sites (N-methyl/N-ethyl adjacent to an activating group) is 1. The van der Waals surface area contributed by atoms with E-state index in [0.717, 1.165) is 37.5 Å². The SMILES string of the molecule is COCC1CCC2(CCN(C(=O)c3csc(C)n3)CC2)N1C.O=C(O)C(F)(F)F. The number of hydrogen-bond donors (Lipinski definition) is 1. The van der Waals surface area contributed by atoms with E-state index in [1.54, 1.807) is 18.4 Å². The number of likely N-dealkylation sites (tertiary alicyclic amines) is 2. The molecule has 7 nitrogen and oxygen atoms in total. The van der Waals surface area contributed by atoms with Gasteiger partial charge < -0.3 is 14.7 Å². The topological polar surface area (TPSA) is 83.0 Å². The minimum Gasteiger partial charge on any atom is -0.475 e. The largest absolute Gasteiger partial charge is 0.490 e. The van der Waals surface area contributed by atoms with Crippen LogP contribution in [0.2, 0.25) is 0 Å². The minimum absolute atomic E-state index is 0.0910. The third-order valence-corrected chi connectivity index (χ3v) is 6.43. The molecule has 1 amide bonds. The van der Waals surface area contributed by atoms with Gasteiger partial charge in [-0.25, -0.2) is 9.78 Å². The summed E-state index contributed by atoms with van der Waals surface area (Å²) in [5, 5.41) is 9.95. The van der Waals surface area contributed by atoms with Crippen molar-refractivity contribution in [1.29, 1.82) is 0 Å². The van der Waals surface area contributed by atoms with Crippen molar-refractivity contribution in [2.24, 2.45) is 0 Å². The van der Waals surface area contributed by atoms with Crippen molar-refractivity contribution in [2.45, 2.75) is 50.4 Å². The summed E-state index contributed by atoms with van der Waals surface area (Å²) in [6.07, 6.45) is -0.559. The molecule has 0 bridgehead atoms. The number of rotatable bonds is 3. The van der Waals surface area contributed by atoms with Crippen LogP contribution in [0.3, 0.4) is 0 Å². The molecule has 1 atom stereocenters. The minimum atomic E-state index is -5.08. The van der Waals surface area contributed by atoms with Crippen molar-refractivity contribution in [3.05, 3.63) is 16.1 Å². The molecule has 1 unspecified atom stereocenters. The van der Waals surface area contributed by atoms with Crippen molar-refractivity contribution in [2.75, 3.05) is 33.9 Å². The Labute approximate surface area is 171 Å². The van der Waals surface area contributed by atoms with Crippen LogP contribution in [0.5, 0.6) is 0 Å². The van der Waals surface area contributed by atoms with Crippen LogP contribution in [-0.4, -0.2) is 83.4 Å². The Hall–Kier alpha value is -1.72. The number of piperidine rings is 1. The standard InChI is InChI=1S/C16H25N3O2S.C2HF3O2/c1-12-17-14(11-22-12)15(20)19-8-6-16(7-9-19)5-4-13(10-21-3)18(16)2;3-2(4,5)1(6)7/h11,13H,4-10H2,1-3H3;(H,6,7). The normalized spacial score (nSPS) is 21.7. The van der Waals surface area contributed by atoms with Gasteiger partial charge in [0.25, 0.3) is 5.91 Å².